The molecule has 6 rings (SSSR count). The van der Waals surface area contributed by atoms with Crippen LogP contribution in [0.1, 0.15) is 54.2 Å². The van der Waals surface area contributed by atoms with Crippen LogP contribution < -0.4 is 14.7 Å². The predicted molar refractivity (Wildman–Crippen MR) is 278 cm³/mol. The van der Waals surface area contributed by atoms with Gasteiger partial charge in [0.25, 0.3) is 0 Å². The van der Waals surface area contributed by atoms with E-state index in [0.29, 0.717) is 95.6 Å². The average molecular weight is 1010 g/mol. The number of nitriles is 3. The number of carbonyl (C=O) groups excluding carboxylic acids is 3. The lowest BCUT2D eigenvalue weighted by atomic mass is 10.0. The van der Waals surface area contributed by atoms with Crippen molar-refractivity contribution in [3.63, 3.8) is 0 Å². The molecule has 0 aromatic heterocycles. The number of rotatable bonds is 30. The molecule has 2 aliphatic rings. The Kier molecular flexibility index (Phi) is 21.8. The lowest BCUT2D eigenvalue weighted by Crippen LogP contribution is -2.29. The number of carbonyl (C=O) groups is 3. The Morgan fingerprint density at radius 2 is 0.838 bits per heavy atom. The fourth-order valence-electron chi connectivity index (χ4n) is 7.78. The Labute approximate surface area is 432 Å². The number of benzene rings is 4. The van der Waals surface area contributed by atoms with Gasteiger partial charge in [-0.15, -0.1) is 0 Å². The minimum absolute atomic E-state index is 0.0966. The Morgan fingerprint density at radius 3 is 1.09 bits per heavy atom. The quantitative estimate of drug-likeness (QED) is 0.0139. The number of hydrogen-bond donors (Lipinski definition) is 1. The van der Waals surface area contributed by atoms with Gasteiger partial charge in [0.05, 0.1) is 66.1 Å². The first-order valence-corrected chi connectivity index (χ1v) is 24.6. The highest BCUT2D eigenvalue weighted by Gasteiger charge is 2.24. The van der Waals surface area contributed by atoms with Crippen LogP contribution in [0.3, 0.4) is 0 Å². The molecular formula is C57H62N6O11. The molecular weight excluding hydrogens is 945 g/mol. The molecule has 4 aromatic carbocycles. The van der Waals surface area contributed by atoms with Crippen molar-refractivity contribution in [1.29, 1.82) is 15.8 Å². The van der Waals surface area contributed by atoms with E-state index >= 15 is 0 Å². The number of aliphatic hydroxyl groups is 1. The smallest absolute Gasteiger partial charge is 0.348 e. The molecule has 0 amide bonds. The molecule has 2 atom stereocenters. The Morgan fingerprint density at radius 1 is 0.541 bits per heavy atom. The largest absolute Gasteiger partial charge is 0.462 e. The van der Waals surface area contributed by atoms with Gasteiger partial charge < -0.3 is 53.0 Å². The summed E-state index contributed by atoms with van der Waals surface area (Å²) in [6.45, 7) is 11.2. The first-order chi connectivity index (χ1) is 36.1. The number of epoxide rings is 2. The molecule has 1 N–H and O–H groups in total. The van der Waals surface area contributed by atoms with Gasteiger partial charge in [0, 0.05) is 56.3 Å². The standard InChI is InChI=1S/C57H62N6O11/c1-4-70-55(65)47(31-58)28-41-7-13-50(14-8-41)61(19-22-64)34-44-25-45(35-62(20-23-68-37-53-39-73-53)51-15-9-42(10-16-51)29-48(32-59)56(66)71-5-2)27-46(26-44)36-63(21-24-69-38-54-40-74-54)52-17-11-43(12-18-52)30-49(33-60)57(67)72-6-3/h7-18,25-30,53-54,64H,4-6,19-24,34-40H2,1-3H3/b47-28-,48-29-,49-30-. The summed E-state index contributed by atoms with van der Waals surface area (Å²) in [7, 11) is 0. The van der Waals surface area contributed by atoms with E-state index in [-0.39, 0.29) is 55.4 Å². The number of aliphatic hydroxyl groups excluding tert-OH is 1. The molecule has 0 aliphatic carbocycles. The molecule has 2 aliphatic heterocycles. The van der Waals surface area contributed by atoms with E-state index in [0.717, 1.165) is 33.8 Å². The van der Waals surface area contributed by atoms with Crippen molar-refractivity contribution in [3.8, 4) is 18.2 Å². The van der Waals surface area contributed by atoms with Gasteiger partial charge >= 0.3 is 17.9 Å². The Balaban J connectivity index is 1.36. The van der Waals surface area contributed by atoms with Crippen LogP contribution in [0.25, 0.3) is 18.2 Å². The first-order valence-electron chi connectivity index (χ1n) is 24.6. The van der Waals surface area contributed by atoms with Crippen LogP contribution >= 0.6 is 0 Å². The second kappa shape index (κ2) is 29.0. The Bertz CT molecular complexity index is 2600. The van der Waals surface area contributed by atoms with Gasteiger partial charge in [0.15, 0.2) is 0 Å². The SMILES string of the molecule is CCOC(=O)/C(C#N)=C\c1ccc(N(CCO)Cc2cc(CN(CCOCC3CO3)c3ccc(/C=C(/C#N)C(=O)OCC)cc3)cc(CN(CCOCC3CO3)c3ccc(/C=C(/C#N)C(=O)OCC)cc3)c2)cc1. The zero-order chi connectivity index (χ0) is 52.7. The van der Waals surface area contributed by atoms with Crippen LogP contribution in [0.5, 0.6) is 0 Å². The lowest BCUT2D eigenvalue weighted by molar-refractivity contribution is -0.138. The zero-order valence-corrected chi connectivity index (χ0v) is 42.1. The third-order valence-corrected chi connectivity index (χ3v) is 11.6. The second-order valence-corrected chi connectivity index (χ2v) is 17.2. The highest BCUT2D eigenvalue weighted by molar-refractivity contribution is 5.99. The summed E-state index contributed by atoms with van der Waals surface area (Å²) >= 11 is 0. The van der Waals surface area contributed by atoms with Crippen LogP contribution in [-0.4, -0.2) is 121 Å². The van der Waals surface area contributed by atoms with Crippen LogP contribution in [0.2, 0.25) is 0 Å². The Hall–Kier alpha value is -7.82. The molecule has 2 fully saturated rings. The van der Waals surface area contributed by atoms with Crippen LogP contribution in [-0.2, 0) is 67.2 Å². The van der Waals surface area contributed by atoms with E-state index in [4.69, 9.17) is 33.2 Å². The maximum atomic E-state index is 12.4. The summed E-state index contributed by atoms with van der Waals surface area (Å²) in [5, 5.41) is 39.3. The molecule has 2 unspecified atom stereocenters. The third kappa shape index (κ3) is 17.7. The highest BCUT2D eigenvalue weighted by Crippen LogP contribution is 2.27. The van der Waals surface area contributed by atoms with E-state index in [9.17, 15) is 35.3 Å². The maximum Gasteiger partial charge on any atom is 0.348 e. The van der Waals surface area contributed by atoms with Gasteiger partial charge in [0.2, 0.25) is 0 Å². The zero-order valence-electron chi connectivity index (χ0n) is 42.1. The van der Waals surface area contributed by atoms with Crippen LogP contribution in [0.15, 0.2) is 108 Å². The molecule has 2 heterocycles. The highest BCUT2D eigenvalue weighted by atomic mass is 16.6. The fourth-order valence-corrected chi connectivity index (χ4v) is 7.78. The number of anilines is 3. The summed E-state index contributed by atoms with van der Waals surface area (Å²) in [5.74, 6) is -2.07. The molecule has 17 heteroatoms. The monoisotopic (exact) mass is 1010 g/mol. The molecule has 0 radical (unpaired) electrons. The fraction of sp³-hybridized carbons (Fsp3) is 0.368. The second-order valence-electron chi connectivity index (χ2n) is 17.2. The molecule has 386 valence electrons. The van der Waals surface area contributed by atoms with Gasteiger partial charge in [-0.2, -0.15) is 15.8 Å². The van der Waals surface area contributed by atoms with Crippen molar-refractivity contribution < 1.29 is 52.6 Å². The normalized spacial score (nSPS) is 15.0. The third-order valence-electron chi connectivity index (χ3n) is 11.6. The summed E-state index contributed by atoms with van der Waals surface area (Å²) in [6, 6.07) is 34.8. The van der Waals surface area contributed by atoms with Crippen molar-refractivity contribution in [2.45, 2.75) is 52.6 Å². The molecule has 2 saturated heterocycles. The van der Waals surface area contributed by atoms with Gasteiger partial charge in [-0.05, 0) is 109 Å². The van der Waals surface area contributed by atoms with Crippen molar-refractivity contribution in [1.82, 2.24) is 0 Å². The summed E-state index contributed by atoms with van der Waals surface area (Å²) in [6.07, 6.45) is 4.68. The molecule has 74 heavy (non-hydrogen) atoms. The van der Waals surface area contributed by atoms with Gasteiger partial charge in [-0.1, -0.05) is 54.6 Å². The lowest BCUT2D eigenvalue weighted by Gasteiger charge is -2.29. The van der Waals surface area contributed by atoms with Crippen molar-refractivity contribution in [2.75, 3.05) is 100 Å². The van der Waals surface area contributed by atoms with Crippen LogP contribution in [0, 0.1) is 34.0 Å². The predicted octanol–water partition coefficient (Wildman–Crippen LogP) is 6.94. The van der Waals surface area contributed by atoms with Gasteiger partial charge in [0.1, 0.15) is 47.1 Å². The van der Waals surface area contributed by atoms with Gasteiger partial charge in [-0.25, -0.2) is 14.4 Å². The minimum Gasteiger partial charge on any atom is -0.462 e. The van der Waals surface area contributed by atoms with Crippen molar-refractivity contribution in [2.24, 2.45) is 0 Å². The molecule has 0 saturated carbocycles. The number of hydrogen-bond acceptors (Lipinski definition) is 17. The molecule has 0 spiro atoms. The van der Waals surface area contributed by atoms with Crippen LogP contribution in [0.4, 0.5) is 17.1 Å². The van der Waals surface area contributed by atoms with Crippen molar-refractivity contribution in [3.05, 3.63) is 141 Å². The summed E-state index contributed by atoms with van der Waals surface area (Å²) < 4.78 is 38.0. The summed E-state index contributed by atoms with van der Waals surface area (Å²) in [5.41, 5.74) is 7.12. The van der Waals surface area contributed by atoms with E-state index in [1.807, 2.05) is 78.9 Å². The van der Waals surface area contributed by atoms with E-state index < -0.39 is 17.9 Å². The molecule has 4 aromatic rings. The molecule has 17 nitrogen and oxygen atoms in total. The number of esters is 3. The van der Waals surface area contributed by atoms with E-state index in [2.05, 4.69) is 32.9 Å². The summed E-state index contributed by atoms with van der Waals surface area (Å²) in [4.78, 5) is 43.6. The number of nitrogens with zero attached hydrogens (tertiary/aromatic N) is 6. The van der Waals surface area contributed by atoms with E-state index in [1.54, 1.807) is 32.9 Å². The van der Waals surface area contributed by atoms with Crippen molar-refractivity contribution >= 4 is 53.2 Å². The number of ether oxygens (including phenoxy) is 7. The van der Waals surface area contributed by atoms with Gasteiger partial charge in [-0.3, -0.25) is 0 Å². The molecule has 0 bridgehead atoms. The average Bonchev–Trinajstić information content (AvgIpc) is 4.36. The maximum absolute atomic E-state index is 12.4. The first kappa shape index (κ1) is 55.5. The van der Waals surface area contributed by atoms with E-state index in [1.165, 1.54) is 18.2 Å². The minimum atomic E-state index is -0.696. The topological polar surface area (TPSA) is 224 Å².